The summed E-state index contributed by atoms with van der Waals surface area (Å²) in [6.07, 6.45) is 11.9. The third kappa shape index (κ3) is 4.39. The van der Waals surface area contributed by atoms with Gasteiger partial charge in [-0.1, -0.05) is 30.4 Å². The van der Waals surface area contributed by atoms with Gasteiger partial charge in [0.05, 0.1) is 11.4 Å². The molecule has 134 valence electrons. The summed E-state index contributed by atoms with van der Waals surface area (Å²) in [5, 5.41) is 6.37. The van der Waals surface area contributed by atoms with Crippen molar-refractivity contribution in [3.8, 4) is 0 Å². The minimum atomic E-state index is -0.123. The van der Waals surface area contributed by atoms with Gasteiger partial charge in [0.25, 0.3) is 5.91 Å². The van der Waals surface area contributed by atoms with Crippen LogP contribution in [0.15, 0.2) is 76.6 Å². The van der Waals surface area contributed by atoms with Crippen molar-refractivity contribution >= 4 is 17.3 Å². The Kier molecular flexibility index (Phi) is 5.52. The smallest absolute Gasteiger partial charge is 0.255 e. The maximum Gasteiger partial charge on any atom is 0.255 e. The predicted molar refractivity (Wildman–Crippen MR) is 108 cm³/mol. The molecule has 0 aromatic heterocycles. The first-order valence-electron chi connectivity index (χ1n) is 9.03. The highest BCUT2D eigenvalue weighted by Crippen LogP contribution is 2.24. The highest BCUT2D eigenvalue weighted by molar-refractivity contribution is 5.96. The normalized spacial score (nSPS) is 16.5. The van der Waals surface area contributed by atoms with E-state index >= 15 is 0 Å². The lowest BCUT2D eigenvalue weighted by Gasteiger charge is -2.13. The van der Waals surface area contributed by atoms with Gasteiger partial charge >= 0.3 is 0 Å². The second-order valence-corrected chi connectivity index (χ2v) is 6.84. The Bertz CT molecular complexity index is 837. The average Bonchev–Trinajstić information content (AvgIpc) is 2.89. The number of amides is 1. The van der Waals surface area contributed by atoms with Crippen LogP contribution >= 0.6 is 0 Å². The second kappa shape index (κ2) is 8.00. The van der Waals surface area contributed by atoms with E-state index in [1.165, 1.54) is 0 Å². The van der Waals surface area contributed by atoms with Gasteiger partial charge in [0.15, 0.2) is 0 Å². The minimum Gasteiger partial charge on any atom is -0.383 e. The second-order valence-electron chi connectivity index (χ2n) is 6.84. The highest BCUT2D eigenvalue weighted by Gasteiger charge is 2.16. The minimum absolute atomic E-state index is 0.123. The molecule has 2 aliphatic rings. The zero-order valence-electron chi connectivity index (χ0n) is 15.5. The fraction of sp³-hybridized carbons (Fsp3) is 0.273. The molecule has 0 radical (unpaired) electrons. The number of hydrogen-bond donors (Lipinski definition) is 2. The van der Waals surface area contributed by atoms with Crippen molar-refractivity contribution in [3.63, 3.8) is 0 Å². The molecule has 0 fully saturated rings. The number of benzene rings is 1. The molecule has 3 rings (SSSR count). The van der Waals surface area contributed by atoms with Crippen LogP contribution in [0, 0.1) is 0 Å². The van der Waals surface area contributed by atoms with Crippen LogP contribution in [0.2, 0.25) is 0 Å². The Labute approximate surface area is 155 Å². The molecule has 0 bridgehead atoms. The summed E-state index contributed by atoms with van der Waals surface area (Å²) in [5.74, 6) is -0.123. The molecule has 4 heteroatoms. The number of carbonyl (C=O) groups is 1. The Morgan fingerprint density at radius 1 is 1.12 bits per heavy atom. The maximum absolute atomic E-state index is 12.7. The van der Waals surface area contributed by atoms with Crippen LogP contribution < -0.4 is 10.6 Å². The fourth-order valence-corrected chi connectivity index (χ4v) is 2.92. The zero-order valence-corrected chi connectivity index (χ0v) is 15.5. The summed E-state index contributed by atoms with van der Waals surface area (Å²) >= 11 is 0. The van der Waals surface area contributed by atoms with Crippen molar-refractivity contribution in [1.29, 1.82) is 0 Å². The van der Waals surface area contributed by atoms with Crippen LogP contribution in [-0.2, 0) is 0 Å². The van der Waals surface area contributed by atoms with E-state index in [0.29, 0.717) is 11.6 Å². The van der Waals surface area contributed by atoms with Gasteiger partial charge in [-0.2, -0.15) is 0 Å². The first-order valence-corrected chi connectivity index (χ1v) is 9.03. The van der Waals surface area contributed by atoms with E-state index < -0.39 is 0 Å². The van der Waals surface area contributed by atoms with E-state index in [9.17, 15) is 4.79 Å². The monoisotopic (exact) mass is 347 g/mol. The molecule has 0 atom stereocenters. The molecule has 0 spiro atoms. The van der Waals surface area contributed by atoms with Crippen molar-refractivity contribution < 1.29 is 4.79 Å². The van der Waals surface area contributed by atoms with E-state index in [1.54, 1.807) is 0 Å². The van der Waals surface area contributed by atoms with Crippen molar-refractivity contribution in [2.24, 2.45) is 4.99 Å². The largest absolute Gasteiger partial charge is 0.383 e. The van der Waals surface area contributed by atoms with Crippen LogP contribution in [0.25, 0.3) is 0 Å². The Morgan fingerprint density at radius 2 is 1.85 bits per heavy atom. The number of nitrogens with zero attached hydrogens (tertiary/aromatic N) is 1. The van der Waals surface area contributed by atoms with Crippen molar-refractivity contribution in [2.75, 3.05) is 5.32 Å². The summed E-state index contributed by atoms with van der Waals surface area (Å²) < 4.78 is 0. The van der Waals surface area contributed by atoms with Crippen LogP contribution in [0.3, 0.4) is 0 Å². The summed E-state index contributed by atoms with van der Waals surface area (Å²) in [6, 6.07) is 7.89. The molecule has 26 heavy (non-hydrogen) atoms. The quantitative estimate of drug-likeness (QED) is 0.825. The molecular weight excluding hydrogens is 322 g/mol. The lowest BCUT2D eigenvalue weighted by molar-refractivity contribution is 0.0966. The van der Waals surface area contributed by atoms with Gasteiger partial charge in [0.1, 0.15) is 0 Å². The van der Waals surface area contributed by atoms with Gasteiger partial charge in [-0.05, 0) is 51.5 Å². The molecule has 2 N–H and O–H groups in total. The summed E-state index contributed by atoms with van der Waals surface area (Å²) in [7, 11) is 0. The van der Waals surface area contributed by atoms with E-state index in [0.717, 1.165) is 41.2 Å². The van der Waals surface area contributed by atoms with Crippen molar-refractivity contribution in [3.05, 3.63) is 77.2 Å². The first-order chi connectivity index (χ1) is 12.5. The average molecular weight is 347 g/mol. The van der Waals surface area contributed by atoms with E-state index in [2.05, 4.69) is 48.8 Å². The number of aliphatic imine (C=N–C) groups is 1. The van der Waals surface area contributed by atoms with Gasteiger partial charge in [0, 0.05) is 35.0 Å². The van der Waals surface area contributed by atoms with Crippen molar-refractivity contribution in [2.45, 2.75) is 39.7 Å². The summed E-state index contributed by atoms with van der Waals surface area (Å²) in [5.41, 5.74) is 5.30. The Hall–Kier alpha value is -2.88. The molecule has 1 aromatic rings. The van der Waals surface area contributed by atoms with Crippen LogP contribution in [0.5, 0.6) is 0 Å². The molecule has 1 heterocycles. The number of nitrogens with one attached hydrogen (secondary N) is 2. The van der Waals surface area contributed by atoms with Gasteiger partial charge < -0.3 is 10.6 Å². The summed E-state index contributed by atoms with van der Waals surface area (Å²) in [6.45, 7) is 6.18. The Morgan fingerprint density at radius 3 is 2.58 bits per heavy atom. The van der Waals surface area contributed by atoms with E-state index in [-0.39, 0.29) is 5.91 Å². The predicted octanol–water partition coefficient (Wildman–Crippen LogP) is 4.76. The summed E-state index contributed by atoms with van der Waals surface area (Å²) in [4.78, 5) is 17.4. The number of rotatable bonds is 4. The van der Waals surface area contributed by atoms with Gasteiger partial charge in [-0.3, -0.25) is 9.79 Å². The Balaban J connectivity index is 1.81. The van der Waals surface area contributed by atoms with Gasteiger partial charge in [-0.15, -0.1) is 0 Å². The van der Waals surface area contributed by atoms with E-state index in [4.69, 9.17) is 4.99 Å². The van der Waals surface area contributed by atoms with Crippen LogP contribution in [0.4, 0.5) is 5.69 Å². The molecule has 0 unspecified atom stereocenters. The van der Waals surface area contributed by atoms with Gasteiger partial charge in [-0.25, -0.2) is 0 Å². The topological polar surface area (TPSA) is 53.5 Å². The molecule has 0 saturated heterocycles. The standard InChI is InChI=1S/C22H25N3O/c1-15(2)23-19-13-11-18(12-14-19)22(26)25-20-10-5-4-8-17-9-6-7-16(3)24-21(17)20/h4,6,8-15,23H,5,7H2,1-3H3,(H,25,26). The highest BCUT2D eigenvalue weighted by atomic mass is 16.1. The van der Waals surface area contributed by atoms with Crippen molar-refractivity contribution in [1.82, 2.24) is 5.32 Å². The molecule has 4 nitrogen and oxygen atoms in total. The molecule has 1 aliphatic carbocycles. The third-order valence-electron chi connectivity index (χ3n) is 4.15. The molecule has 1 aliphatic heterocycles. The molecule has 1 amide bonds. The third-order valence-corrected chi connectivity index (χ3v) is 4.15. The zero-order chi connectivity index (χ0) is 18.5. The molecule has 0 saturated carbocycles. The van der Waals surface area contributed by atoms with Gasteiger partial charge in [0.2, 0.25) is 0 Å². The number of anilines is 1. The molecular formula is C22H25N3O. The lowest BCUT2D eigenvalue weighted by atomic mass is 10.1. The van der Waals surface area contributed by atoms with E-state index in [1.807, 2.05) is 37.3 Å². The maximum atomic E-state index is 12.7. The SMILES string of the molecule is CC1=NC2=C(C=CCC=C2NC(=O)c2ccc(NC(C)C)cc2)C=CC1. The molecule has 1 aromatic carbocycles. The number of hydrogen-bond acceptors (Lipinski definition) is 3. The first kappa shape index (κ1) is 17.9. The lowest BCUT2D eigenvalue weighted by Crippen LogP contribution is -2.24. The number of allylic oxidation sites excluding steroid dienone is 6. The number of carbonyl (C=O) groups excluding carboxylic acids is 1. The fourth-order valence-electron chi connectivity index (χ4n) is 2.92. The van der Waals surface area contributed by atoms with Crippen LogP contribution in [-0.4, -0.2) is 17.7 Å². The van der Waals surface area contributed by atoms with Crippen LogP contribution in [0.1, 0.15) is 44.0 Å².